The summed E-state index contributed by atoms with van der Waals surface area (Å²) < 4.78 is 18.3. The predicted molar refractivity (Wildman–Crippen MR) is 104 cm³/mol. The van der Waals surface area contributed by atoms with Crippen LogP contribution in [0.5, 0.6) is 5.75 Å². The lowest BCUT2D eigenvalue weighted by Crippen LogP contribution is -2.34. The first-order valence-electron chi connectivity index (χ1n) is 9.45. The maximum absolute atomic E-state index is 13.2. The van der Waals surface area contributed by atoms with Gasteiger partial charge in [0.2, 0.25) is 11.8 Å². The highest BCUT2D eigenvalue weighted by atomic mass is 19.1. The smallest absolute Gasteiger partial charge is 0.227 e. The van der Waals surface area contributed by atoms with Crippen molar-refractivity contribution in [2.24, 2.45) is 5.41 Å². The minimum atomic E-state index is -0.318. The summed E-state index contributed by atoms with van der Waals surface area (Å²) in [6, 6.07) is 13.5. The number of benzene rings is 2. The summed E-state index contributed by atoms with van der Waals surface area (Å²) >= 11 is 0. The lowest BCUT2D eigenvalue weighted by atomic mass is 9.86. The number of rotatable bonds is 4. The summed E-state index contributed by atoms with van der Waals surface area (Å²) in [5, 5.41) is 0. The molecule has 2 saturated heterocycles. The van der Waals surface area contributed by atoms with E-state index in [1.165, 1.54) is 12.1 Å². The first-order chi connectivity index (χ1) is 13.5. The number of ether oxygens (including phenoxy) is 1. The number of hydrogen-bond donors (Lipinski definition) is 0. The molecule has 0 aliphatic carbocycles. The van der Waals surface area contributed by atoms with E-state index in [2.05, 4.69) is 0 Å². The zero-order valence-electron chi connectivity index (χ0n) is 15.9. The molecule has 0 unspecified atom stereocenters. The normalized spacial score (nSPS) is 21.6. The summed E-state index contributed by atoms with van der Waals surface area (Å²) in [5.41, 5.74) is 1.45. The number of carbonyl (C=O) groups excluding carboxylic acids is 2. The molecule has 5 nitrogen and oxygen atoms in total. The predicted octanol–water partition coefficient (Wildman–Crippen LogP) is 3.03. The monoisotopic (exact) mass is 382 g/mol. The highest BCUT2D eigenvalue weighted by Crippen LogP contribution is 2.42. The molecule has 1 spiro atoms. The first-order valence-corrected chi connectivity index (χ1v) is 9.45. The molecule has 0 radical (unpaired) electrons. The second kappa shape index (κ2) is 7.26. The van der Waals surface area contributed by atoms with Crippen molar-refractivity contribution in [1.29, 1.82) is 0 Å². The average Bonchev–Trinajstić information content (AvgIpc) is 3.26. The molecule has 2 amide bonds. The fourth-order valence-corrected chi connectivity index (χ4v) is 4.20. The average molecular weight is 382 g/mol. The van der Waals surface area contributed by atoms with Gasteiger partial charge in [0, 0.05) is 37.2 Å². The van der Waals surface area contributed by atoms with Gasteiger partial charge in [-0.05, 0) is 48.4 Å². The van der Waals surface area contributed by atoms with E-state index in [0.717, 1.165) is 17.7 Å². The van der Waals surface area contributed by atoms with E-state index in [4.69, 9.17) is 4.74 Å². The third kappa shape index (κ3) is 3.59. The topological polar surface area (TPSA) is 49.9 Å². The minimum Gasteiger partial charge on any atom is -0.497 e. The van der Waals surface area contributed by atoms with Crippen molar-refractivity contribution < 1.29 is 18.7 Å². The molecule has 2 heterocycles. The summed E-state index contributed by atoms with van der Waals surface area (Å²) in [6.45, 7) is 1.83. The SMILES string of the molecule is COc1ccc(CC(=O)N2CC[C@]3(CC(=O)N(c4ccc(F)cc4)C3)C2)cc1. The van der Waals surface area contributed by atoms with Crippen LogP contribution >= 0.6 is 0 Å². The molecule has 0 aromatic heterocycles. The number of halogens is 1. The molecule has 2 aliphatic heterocycles. The molecule has 2 fully saturated rings. The van der Waals surface area contributed by atoms with E-state index in [-0.39, 0.29) is 23.0 Å². The van der Waals surface area contributed by atoms with Gasteiger partial charge < -0.3 is 14.5 Å². The van der Waals surface area contributed by atoms with Crippen LogP contribution in [0.3, 0.4) is 0 Å². The molecule has 1 atom stereocenters. The molecule has 6 heteroatoms. The van der Waals surface area contributed by atoms with Crippen molar-refractivity contribution in [2.75, 3.05) is 31.6 Å². The number of amides is 2. The molecule has 28 heavy (non-hydrogen) atoms. The molecular weight excluding hydrogens is 359 g/mol. The van der Waals surface area contributed by atoms with Crippen molar-refractivity contribution in [3.05, 3.63) is 59.9 Å². The molecule has 0 N–H and O–H groups in total. The van der Waals surface area contributed by atoms with Crippen molar-refractivity contribution >= 4 is 17.5 Å². The Morgan fingerprint density at radius 1 is 1.11 bits per heavy atom. The van der Waals surface area contributed by atoms with Gasteiger partial charge in [0.15, 0.2) is 0 Å². The lowest BCUT2D eigenvalue weighted by Gasteiger charge is -2.24. The van der Waals surface area contributed by atoms with Crippen LogP contribution in [0.2, 0.25) is 0 Å². The quantitative estimate of drug-likeness (QED) is 0.817. The van der Waals surface area contributed by atoms with Crippen LogP contribution in [0.25, 0.3) is 0 Å². The van der Waals surface area contributed by atoms with Gasteiger partial charge >= 0.3 is 0 Å². The number of carbonyl (C=O) groups is 2. The number of nitrogens with zero attached hydrogens (tertiary/aromatic N) is 2. The Balaban J connectivity index is 1.40. The zero-order valence-corrected chi connectivity index (χ0v) is 15.9. The van der Waals surface area contributed by atoms with Gasteiger partial charge in [-0.2, -0.15) is 0 Å². The summed E-state index contributed by atoms with van der Waals surface area (Å²) in [5.74, 6) is 0.564. The van der Waals surface area contributed by atoms with Crippen molar-refractivity contribution in [1.82, 2.24) is 4.90 Å². The van der Waals surface area contributed by atoms with Crippen LogP contribution in [-0.4, -0.2) is 43.5 Å². The number of methoxy groups -OCH3 is 1. The van der Waals surface area contributed by atoms with Crippen LogP contribution in [0, 0.1) is 11.2 Å². The van der Waals surface area contributed by atoms with Gasteiger partial charge in [-0.15, -0.1) is 0 Å². The highest BCUT2D eigenvalue weighted by Gasteiger charge is 2.48. The van der Waals surface area contributed by atoms with E-state index < -0.39 is 0 Å². The van der Waals surface area contributed by atoms with Crippen LogP contribution in [0.1, 0.15) is 18.4 Å². The molecular formula is C22H23FN2O3. The van der Waals surface area contributed by atoms with Crippen molar-refractivity contribution in [2.45, 2.75) is 19.3 Å². The van der Waals surface area contributed by atoms with E-state index in [1.807, 2.05) is 29.2 Å². The van der Waals surface area contributed by atoms with E-state index in [1.54, 1.807) is 24.1 Å². The summed E-state index contributed by atoms with van der Waals surface area (Å²) in [4.78, 5) is 28.9. The molecule has 0 bridgehead atoms. The van der Waals surface area contributed by atoms with Gasteiger partial charge in [0.1, 0.15) is 11.6 Å². The van der Waals surface area contributed by atoms with E-state index in [9.17, 15) is 14.0 Å². The molecule has 2 aromatic carbocycles. The molecule has 2 aromatic rings. The Morgan fingerprint density at radius 2 is 1.82 bits per heavy atom. The number of anilines is 1. The fraction of sp³-hybridized carbons (Fsp3) is 0.364. The van der Waals surface area contributed by atoms with Gasteiger partial charge in [-0.3, -0.25) is 9.59 Å². The van der Waals surface area contributed by atoms with Gasteiger partial charge in [0.25, 0.3) is 0 Å². The number of hydrogen-bond acceptors (Lipinski definition) is 3. The second-order valence-corrected chi connectivity index (χ2v) is 7.72. The molecule has 146 valence electrons. The van der Waals surface area contributed by atoms with Crippen LogP contribution in [0.15, 0.2) is 48.5 Å². The maximum atomic E-state index is 13.2. The van der Waals surface area contributed by atoms with Crippen molar-refractivity contribution in [3.8, 4) is 5.75 Å². The first kappa shape index (κ1) is 18.5. The molecule has 2 aliphatic rings. The van der Waals surface area contributed by atoms with Gasteiger partial charge in [-0.1, -0.05) is 12.1 Å². The largest absolute Gasteiger partial charge is 0.497 e. The summed E-state index contributed by atoms with van der Waals surface area (Å²) in [7, 11) is 1.61. The van der Waals surface area contributed by atoms with Gasteiger partial charge in [-0.25, -0.2) is 4.39 Å². The Morgan fingerprint density at radius 3 is 2.50 bits per heavy atom. The third-order valence-electron chi connectivity index (χ3n) is 5.76. The fourth-order valence-electron chi connectivity index (χ4n) is 4.20. The molecule has 0 saturated carbocycles. The Labute approximate surface area is 163 Å². The van der Waals surface area contributed by atoms with E-state index >= 15 is 0 Å². The Hall–Kier alpha value is -2.89. The van der Waals surface area contributed by atoms with Crippen LogP contribution in [0.4, 0.5) is 10.1 Å². The van der Waals surface area contributed by atoms with Crippen LogP contribution in [-0.2, 0) is 16.0 Å². The van der Waals surface area contributed by atoms with Crippen molar-refractivity contribution in [3.63, 3.8) is 0 Å². The molecule has 4 rings (SSSR count). The van der Waals surface area contributed by atoms with Gasteiger partial charge in [0.05, 0.1) is 13.5 Å². The highest BCUT2D eigenvalue weighted by molar-refractivity contribution is 5.96. The zero-order chi connectivity index (χ0) is 19.7. The third-order valence-corrected chi connectivity index (χ3v) is 5.76. The number of likely N-dealkylation sites (tertiary alicyclic amines) is 1. The van der Waals surface area contributed by atoms with E-state index in [0.29, 0.717) is 38.2 Å². The maximum Gasteiger partial charge on any atom is 0.227 e. The van der Waals surface area contributed by atoms with Crippen LogP contribution < -0.4 is 9.64 Å². The lowest BCUT2D eigenvalue weighted by molar-refractivity contribution is -0.130. The second-order valence-electron chi connectivity index (χ2n) is 7.72. The Bertz CT molecular complexity index is 882. The Kier molecular flexibility index (Phi) is 4.79. The standard InChI is InChI=1S/C22H23FN2O3/c1-28-19-8-2-16(3-9-19)12-20(26)24-11-10-22(14-24)13-21(27)25(15-22)18-6-4-17(23)5-7-18/h2-9H,10-15H2,1H3/t22-/m0/s1. The minimum absolute atomic E-state index is 0.0380. The summed E-state index contributed by atoms with van der Waals surface area (Å²) in [6.07, 6.45) is 1.58.